The monoisotopic (exact) mass is 256 g/mol. The average molecular weight is 256 g/mol. The molecule has 1 aromatic carbocycles. The summed E-state index contributed by atoms with van der Waals surface area (Å²) in [5, 5.41) is 8.82. The summed E-state index contributed by atoms with van der Waals surface area (Å²) in [7, 11) is 0. The molecule has 2 rings (SSSR count). The van der Waals surface area contributed by atoms with E-state index in [1.807, 2.05) is 0 Å². The number of rotatable bonds is 1. The molecule has 0 saturated carbocycles. The van der Waals surface area contributed by atoms with Crippen LogP contribution in [0.15, 0.2) is 21.3 Å². The van der Waals surface area contributed by atoms with Crippen LogP contribution in [0.4, 0.5) is 8.78 Å². The summed E-state index contributed by atoms with van der Waals surface area (Å²) in [6, 6.07) is 1.64. The molecule has 8 heteroatoms. The molecule has 0 fully saturated rings. The lowest BCUT2D eigenvalue weighted by Crippen LogP contribution is -2.33. The maximum Gasteiger partial charge on any atom is 0.349 e. The predicted molar refractivity (Wildman–Crippen MR) is 55.7 cm³/mol. The largest absolute Gasteiger partial charge is 0.503 e. The van der Waals surface area contributed by atoms with Crippen molar-refractivity contribution in [2.45, 2.75) is 0 Å². The number of hydrogen-bond acceptors (Lipinski definition) is 5. The van der Waals surface area contributed by atoms with E-state index in [1.165, 1.54) is 0 Å². The van der Waals surface area contributed by atoms with Crippen molar-refractivity contribution in [3.63, 3.8) is 0 Å². The highest BCUT2D eigenvalue weighted by molar-refractivity contribution is 5.96. The zero-order valence-electron chi connectivity index (χ0n) is 8.66. The number of nitrogen functional groups attached to an aromatic ring is 1. The summed E-state index contributed by atoms with van der Waals surface area (Å²) < 4.78 is 31.0. The third-order valence-corrected chi connectivity index (χ3v) is 2.27. The molecule has 1 aromatic heterocycles. The quantitative estimate of drug-likeness (QED) is 0.296. The molecule has 1 amide bonds. The minimum atomic E-state index is -1.41. The van der Waals surface area contributed by atoms with E-state index in [1.54, 1.807) is 5.43 Å². The van der Waals surface area contributed by atoms with Gasteiger partial charge in [0.05, 0.1) is 0 Å². The van der Waals surface area contributed by atoms with Gasteiger partial charge in [0.2, 0.25) is 5.82 Å². The second kappa shape index (κ2) is 4.08. The molecule has 0 atom stereocenters. The summed E-state index contributed by atoms with van der Waals surface area (Å²) >= 11 is 0. The van der Waals surface area contributed by atoms with Crippen molar-refractivity contribution in [1.82, 2.24) is 5.43 Å². The van der Waals surface area contributed by atoms with Crippen LogP contribution in [0.1, 0.15) is 10.4 Å². The number of phenolic OH excluding ortho intramolecular Hbond substituents is 1. The van der Waals surface area contributed by atoms with Gasteiger partial charge in [-0.3, -0.25) is 10.2 Å². The number of carbonyl (C=O) groups excluding carboxylic acids is 1. The molecule has 0 radical (unpaired) electrons. The Morgan fingerprint density at radius 2 is 2.06 bits per heavy atom. The molecule has 1 heterocycles. The minimum Gasteiger partial charge on any atom is -0.503 e. The second-order valence-electron chi connectivity index (χ2n) is 3.36. The average Bonchev–Trinajstić information content (AvgIpc) is 2.36. The zero-order chi connectivity index (χ0) is 13.4. The van der Waals surface area contributed by atoms with Gasteiger partial charge in [-0.2, -0.15) is 4.39 Å². The summed E-state index contributed by atoms with van der Waals surface area (Å²) in [6.07, 6.45) is 0. The van der Waals surface area contributed by atoms with Crippen molar-refractivity contribution in [1.29, 1.82) is 0 Å². The number of hydrogen-bond donors (Lipinski definition) is 3. The topological polar surface area (TPSA) is 106 Å². The lowest BCUT2D eigenvalue weighted by molar-refractivity contribution is 0.0950. The highest BCUT2D eigenvalue weighted by Gasteiger charge is 2.19. The van der Waals surface area contributed by atoms with Crippen LogP contribution in [0.3, 0.4) is 0 Å². The Kier molecular flexibility index (Phi) is 2.71. The first-order valence-electron chi connectivity index (χ1n) is 4.61. The molecule has 0 unspecified atom stereocenters. The molecule has 0 saturated heterocycles. The second-order valence-corrected chi connectivity index (χ2v) is 3.36. The first-order chi connectivity index (χ1) is 8.45. The van der Waals surface area contributed by atoms with Crippen molar-refractivity contribution < 1.29 is 23.1 Å². The Balaban J connectivity index is 2.85. The first kappa shape index (κ1) is 12.0. The summed E-state index contributed by atoms with van der Waals surface area (Å²) in [4.78, 5) is 22.5. The number of nitrogens with two attached hydrogens (primary N) is 1. The van der Waals surface area contributed by atoms with Gasteiger partial charge in [0.15, 0.2) is 17.1 Å². The standard InChI is InChI=1S/C10H6F2N2O4/c11-5-2-3-1-4(9(16)14-13)10(17)18-8(3)6(12)7(5)15/h1-2,15H,13H2,(H,14,16). The van der Waals surface area contributed by atoms with Crippen LogP contribution < -0.4 is 16.9 Å². The fraction of sp³-hybridized carbons (Fsp3) is 0. The van der Waals surface area contributed by atoms with Gasteiger partial charge in [-0.1, -0.05) is 0 Å². The number of aromatic hydroxyl groups is 1. The van der Waals surface area contributed by atoms with Crippen molar-refractivity contribution in [2.75, 3.05) is 0 Å². The van der Waals surface area contributed by atoms with E-state index < -0.39 is 40.1 Å². The minimum absolute atomic E-state index is 0.194. The molecule has 0 spiro atoms. The van der Waals surface area contributed by atoms with Crippen molar-refractivity contribution in [2.24, 2.45) is 5.84 Å². The molecule has 6 nitrogen and oxygen atoms in total. The number of phenols is 1. The maximum absolute atomic E-state index is 13.4. The normalized spacial score (nSPS) is 10.6. The van der Waals surface area contributed by atoms with E-state index in [-0.39, 0.29) is 5.39 Å². The SMILES string of the molecule is NNC(=O)c1cc2cc(F)c(O)c(F)c2oc1=O. The number of nitrogens with one attached hydrogen (secondary N) is 1. The van der Waals surface area contributed by atoms with Gasteiger partial charge in [0, 0.05) is 5.39 Å². The van der Waals surface area contributed by atoms with Crippen LogP contribution in [0, 0.1) is 11.6 Å². The lowest BCUT2D eigenvalue weighted by Gasteiger charge is -2.03. The van der Waals surface area contributed by atoms with Gasteiger partial charge >= 0.3 is 5.63 Å². The van der Waals surface area contributed by atoms with Gasteiger partial charge in [-0.25, -0.2) is 15.0 Å². The fourth-order valence-electron chi connectivity index (χ4n) is 1.42. The Morgan fingerprint density at radius 3 is 2.67 bits per heavy atom. The maximum atomic E-state index is 13.4. The van der Waals surface area contributed by atoms with Crippen molar-refractivity contribution >= 4 is 16.9 Å². The Hall–Kier alpha value is -2.48. The third-order valence-electron chi connectivity index (χ3n) is 2.27. The van der Waals surface area contributed by atoms with Crippen LogP contribution in [-0.4, -0.2) is 11.0 Å². The molecule has 0 bridgehead atoms. The van der Waals surface area contributed by atoms with Gasteiger partial charge in [-0.15, -0.1) is 0 Å². The van der Waals surface area contributed by atoms with Gasteiger partial charge < -0.3 is 9.52 Å². The molecule has 4 N–H and O–H groups in total. The Morgan fingerprint density at radius 1 is 1.39 bits per heavy atom. The molecular weight excluding hydrogens is 250 g/mol. The highest BCUT2D eigenvalue weighted by Crippen LogP contribution is 2.28. The summed E-state index contributed by atoms with van der Waals surface area (Å²) in [5.74, 6) is -0.0460. The molecule has 0 aliphatic rings. The van der Waals surface area contributed by atoms with E-state index >= 15 is 0 Å². The lowest BCUT2D eigenvalue weighted by atomic mass is 10.1. The molecule has 94 valence electrons. The first-order valence-corrected chi connectivity index (χ1v) is 4.61. The molecular formula is C10H6F2N2O4. The van der Waals surface area contributed by atoms with Gasteiger partial charge in [-0.05, 0) is 12.1 Å². The van der Waals surface area contributed by atoms with Crippen LogP contribution in [0.2, 0.25) is 0 Å². The Bertz CT molecular complexity index is 711. The molecule has 0 aliphatic heterocycles. The van der Waals surface area contributed by atoms with Crippen molar-refractivity contribution in [3.05, 3.63) is 39.8 Å². The fourth-order valence-corrected chi connectivity index (χ4v) is 1.42. The van der Waals surface area contributed by atoms with Gasteiger partial charge in [0.1, 0.15) is 5.56 Å². The smallest absolute Gasteiger partial charge is 0.349 e. The van der Waals surface area contributed by atoms with Crippen LogP contribution in [0.5, 0.6) is 5.75 Å². The molecule has 0 aliphatic carbocycles. The molecule has 18 heavy (non-hydrogen) atoms. The van der Waals surface area contributed by atoms with E-state index in [0.717, 1.165) is 12.1 Å². The van der Waals surface area contributed by atoms with E-state index in [2.05, 4.69) is 4.42 Å². The van der Waals surface area contributed by atoms with E-state index in [4.69, 9.17) is 10.9 Å². The van der Waals surface area contributed by atoms with E-state index in [9.17, 15) is 18.4 Å². The van der Waals surface area contributed by atoms with Crippen LogP contribution in [0.25, 0.3) is 11.0 Å². The third kappa shape index (κ3) is 1.68. The van der Waals surface area contributed by atoms with E-state index in [0.29, 0.717) is 0 Å². The number of amides is 1. The number of fused-ring (bicyclic) bond motifs is 1. The number of halogens is 2. The summed E-state index contributed by atoms with van der Waals surface area (Å²) in [5.41, 5.74) is -0.616. The number of carbonyl (C=O) groups is 1. The van der Waals surface area contributed by atoms with Gasteiger partial charge in [0.25, 0.3) is 5.91 Å². The Labute approximate surface area is 97.6 Å². The molecule has 2 aromatic rings. The predicted octanol–water partition coefficient (Wildman–Crippen LogP) is 0.380. The number of hydrazine groups is 1. The van der Waals surface area contributed by atoms with Crippen LogP contribution >= 0.6 is 0 Å². The number of benzene rings is 1. The summed E-state index contributed by atoms with van der Waals surface area (Å²) in [6.45, 7) is 0. The highest BCUT2D eigenvalue weighted by atomic mass is 19.1. The van der Waals surface area contributed by atoms with Crippen LogP contribution in [-0.2, 0) is 0 Å². The van der Waals surface area contributed by atoms with Crippen molar-refractivity contribution in [3.8, 4) is 5.75 Å². The zero-order valence-corrected chi connectivity index (χ0v) is 8.66.